The van der Waals surface area contributed by atoms with Crippen molar-refractivity contribution in [3.05, 3.63) is 406 Å². The van der Waals surface area contributed by atoms with Crippen LogP contribution < -0.4 is 54.2 Å². The molecule has 0 bridgehead atoms. The molecule has 8 heterocycles. The molecule has 0 spiro atoms. The molecule has 0 amide bonds. The molecule has 0 aliphatic heterocycles. The lowest BCUT2D eigenvalue weighted by Crippen LogP contribution is -2.23. The first kappa shape index (κ1) is 93.6. The van der Waals surface area contributed by atoms with E-state index in [1.165, 1.54) is 189 Å². The topological polar surface area (TPSA) is 389 Å². The molecule has 0 aliphatic rings. The Balaban J connectivity index is 0.000000127. The summed E-state index contributed by atoms with van der Waals surface area (Å²) in [5, 5.41) is 84.8. The molecule has 0 unspecified atom stereocenters. The Hall–Kier alpha value is -16.2. The van der Waals surface area contributed by atoms with E-state index in [0.29, 0.717) is 90.4 Å². The maximum atomic E-state index is 13.7. The van der Waals surface area contributed by atoms with E-state index < -0.39 is 96.8 Å². The molecule has 36 heteroatoms. The third kappa shape index (κ3) is 19.2. The maximum Gasteiger partial charge on any atom is 0.354 e. The van der Waals surface area contributed by atoms with Crippen LogP contribution in [0.1, 0.15) is 22.3 Å². The van der Waals surface area contributed by atoms with Gasteiger partial charge in [-0.2, -0.15) is 0 Å². The van der Waals surface area contributed by atoms with Crippen molar-refractivity contribution in [1.82, 2.24) is 18.3 Å². The molecule has 0 aliphatic carbocycles. The zero-order chi connectivity index (χ0) is 97.3. The summed E-state index contributed by atoms with van der Waals surface area (Å²) in [5.41, 5.74) is -2.33. The average molecular weight is 2000 g/mol. The van der Waals surface area contributed by atoms with Crippen LogP contribution in [0.3, 0.4) is 0 Å². The van der Waals surface area contributed by atoms with Crippen molar-refractivity contribution in [2.45, 2.75) is 65.3 Å². The van der Waals surface area contributed by atoms with Gasteiger partial charge in [0, 0.05) is 69.9 Å². The Morgan fingerprint density at radius 3 is 0.884 bits per heavy atom. The standard InChI is InChI=1S/C27H20FNO6S.C25H15BrFNO5S.C25H15F2NO5S.C25H16FNO6S/c1-33-17-7-10-19(11-8-17)36-25-23(30)22-24(35-27(25)32)20-12-9-18(34-2)13-21(20)29(26(22)31)14-15-3-5-16(28)6-4-15;26-17-3-1-2-4-19(17)34-23-21(30)20-22(33-25(23)32)16-10-9-15(29)11-18(16)28(24(20)31)12-13-5-7-14(27)8-6-13;26-14-3-1-13(2-4-14)12-28-19-11-16(29)7-10-18(19)22-20(24(28)31)21(30)23(25(32)33-22)34-17-8-5-15(27)6-9-17;26-14-6-4-13(5-7-14)12-27-19-11-16(29)8-9-18(19)22-20(24(27)31)21(30)23(25(32)33-22)34-17-3-1-2-15(28)10-17/h3-13,30H,14H2,1-2H3;2*1-11,29-30H,12H2;1-11,28-30H,12H2. The summed E-state index contributed by atoms with van der Waals surface area (Å²) in [7, 11) is 3.04. The molecule has 692 valence electrons. The van der Waals surface area contributed by atoms with Gasteiger partial charge in [0.05, 0.1) is 62.5 Å². The van der Waals surface area contributed by atoms with Gasteiger partial charge in [0.1, 0.15) is 105 Å². The predicted molar refractivity (Wildman–Crippen MR) is 515 cm³/mol. The fourth-order valence-electron chi connectivity index (χ4n) is 15.2. The van der Waals surface area contributed by atoms with E-state index in [1.54, 1.807) is 104 Å². The largest absolute Gasteiger partial charge is 0.508 e. The van der Waals surface area contributed by atoms with Crippen LogP contribution in [0, 0.1) is 29.1 Å². The molecule has 8 N–H and O–H groups in total. The summed E-state index contributed by atoms with van der Waals surface area (Å²) >= 11 is 7.06. The molecule has 0 saturated carbocycles. The lowest BCUT2D eigenvalue weighted by Gasteiger charge is -2.15. The number of hydrogen-bond donors (Lipinski definition) is 8. The van der Waals surface area contributed by atoms with Gasteiger partial charge in [-0.05, 0) is 214 Å². The number of ether oxygens (including phenoxy) is 2. The van der Waals surface area contributed by atoms with E-state index in [1.807, 2.05) is 6.07 Å². The van der Waals surface area contributed by atoms with Crippen LogP contribution in [0.15, 0.2) is 367 Å². The predicted octanol–water partition coefficient (Wildman–Crippen LogP) is 20.3. The van der Waals surface area contributed by atoms with E-state index in [-0.39, 0.29) is 124 Å². The molecule has 26 nitrogen and oxygen atoms in total. The Morgan fingerprint density at radius 2 is 0.565 bits per heavy atom. The number of methoxy groups -OCH3 is 2. The van der Waals surface area contributed by atoms with Crippen molar-refractivity contribution >= 4 is 150 Å². The lowest BCUT2D eigenvalue weighted by molar-refractivity contribution is 0.414. The van der Waals surface area contributed by atoms with Gasteiger partial charge in [-0.15, -0.1) is 0 Å². The molecule has 20 rings (SSSR count). The van der Waals surface area contributed by atoms with Crippen LogP contribution in [0.25, 0.3) is 87.5 Å². The molecular weight excluding hydrogens is 1940 g/mol. The van der Waals surface area contributed by atoms with Crippen LogP contribution in [0.2, 0.25) is 0 Å². The zero-order valence-electron chi connectivity index (χ0n) is 71.2. The summed E-state index contributed by atoms with van der Waals surface area (Å²) in [6.07, 6.45) is 0. The minimum absolute atomic E-state index is 0.00795. The summed E-state index contributed by atoms with van der Waals surface area (Å²) in [4.78, 5) is 107. The van der Waals surface area contributed by atoms with Crippen LogP contribution in [0.5, 0.6) is 57.5 Å². The number of benzene rings is 12. The number of aromatic nitrogens is 4. The molecule has 0 atom stereocenters. The van der Waals surface area contributed by atoms with Gasteiger partial charge >= 0.3 is 22.5 Å². The molecule has 0 radical (unpaired) electrons. The Bertz CT molecular complexity index is 8810. The number of phenols is 4. The molecule has 8 aromatic heterocycles. The maximum absolute atomic E-state index is 13.7. The molecule has 138 heavy (non-hydrogen) atoms. The Labute approximate surface area is 796 Å². The van der Waals surface area contributed by atoms with Crippen molar-refractivity contribution in [3.8, 4) is 57.5 Å². The quantitative estimate of drug-likeness (QED) is 0.0292. The molecule has 12 aromatic carbocycles. The van der Waals surface area contributed by atoms with E-state index in [0.717, 1.165) is 47.0 Å². The van der Waals surface area contributed by atoms with E-state index in [4.69, 9.17) is 27.1 Å². The highest BCUT2D eigenvalue weighted by Crippen LogP contribution is 2.45. The number of pyridine rings is 4. The van der Waals surface area contributed by atoms with Crippen molar-refractivity contribution in [3.63, 3.8) is 0 Å². The third-order valence-corrected chi connectivity index (χ3v) is 27.1. The lowest BCUT2D eigenvalue weighted by atomic mass is 10.1. The van der Waals surface area contributed by atoms with Gasteiger partial charge in [-0.25, -0.2) is 41.1 Å². The zero-order valence-corrected chi connectivity index (χ0v) is 76.1. The molecule has 0 fully saturated rings. The highest BCUT2D eigenvalue weighted by Gasteiger charge is 2.30. The van der Waals surface area contributed by atoms with Crippen molar-refractivity contribution < 1.29 is 89.9 Å². The highest BCUT2D eigenvalue weighted by molar-refractivity contribution is 9.10. The smallest absolute Gasteiger partial charge is 0.354 e. The van der Waals surface area contributed by atoms with Crippen LogP contribution in [-0.2, 0) is 26.2 Å². The number of rotatable bonds is 18. The number of phenolic OH excluding ortho intramolecular Hbond substituents is 4. The van der Waals surface area contributed by atoms with Crippen LogP contribution >= 0.6 is 63.0 Å². The van der Waals surface area contributed by atoms with E-state index in [2.05, 4.69) is 15.9 Å². The molecule has 20 aromatic rings. The van der Waals surface area contributed by atoms with Gasteiger partial charge in [0.2, 0.25) is 0 Å². The monoisotopic (exact) mass is 2000 g/mol. The van der Waals surface area contributed by atoms with Crippen molar-refractivity contribution in [1.29, 1.82) is 0 Å². The minimum Gasteiger partial charge on any atom is -0.508 e. The second kappa shape index (κ2) is 39.4. The van der Waals surface area contributed by atoms with Gasteiger partial charge < -0.3 is 86.3 Å². The number of aromatic hydroxyl groups is 8. The molecular formula is C102H66BrF5N4O22S4. The van der Waals surface area contributed by atoms with E-state index >= 15 is 0 Å². The Kier molecular flexibility index (Phi) is 26.8. The summed E-state index contributed by atoms with van der Waals surface area (Å²) in [5.74, 6) is -3.39. The van der Waals surface area contributed by atoms with Gasteiger partial charge in [-0.1, -0.05) is 114 Å². The van der Waals surface area contributed by atoms with Crippen LogP contribution in [0.4, 0.5) is 22.0 Å². The van der Waals surface area contributed by atoms with Gasteiger partial charge in [-0.3, -0.25) is 19.2 Å². The number of hydrogen-bond acceptors (Lipinski definition) is 26. The Morgan fingerprint density at radius 1 is 0.290 bits per heavy atom. The van der Waals surface area contributed by atoms with E-state index in [9.17, 15) is 101 Å². The summed E-state index contributed by atoms with van der Waals surface area (Å²) in [6.45, 7) is 0.162. The highest BCUT2D eigenvalue weighted by atomic mass is 79.9. The number of fused-ring (bicyclic) bond motifs is 12. The van der Waals surface area contributed by atoms with Gasteiger partial charge in [0.15, 0.2) is 45.3 Å². The number of halogens is 6. The normalized spacial score (nSPS) is 11.3. The second-order valence-electron chi connectivity index (χ2n) is 30.6. The fourth-order valence-corrected chi connectivity index (χ4v) is 19.1. The van der Waals surface area contributed by atoms with Crippen molar-refractivity contribution in [2.75, 3.05) is 14.2 Å². The summed E-state index contributed by atoms with van der Waals surface area (Å²) in [6, 6.07) is 65.6. The number of nitrogens with zero attached hydrogens (tertiary/aromatic N) is 4. The fraction of sp³-hybridized carbons (Fsp3) is 0.0588. The van der Waals surface area contributed by atoms with Crippen LogP contribution in [-0.4, -0.2) is 73.3 Å². The first-order valence-electron chi connectivity index (χ1n) is 41.0. The second-order valence-corrected chi connectivity index (χ2v) is 35.8. The summed E-state index contributed by atoms with van der Waals surface area (Å²) < 4.78 is 105. The van der Waals surface area contributed by atoms with Crippen molar-refractivity contribution in [2.24, 2.45) is 0 Å². The molecule has 0 saturated heterocycles. The average Bonchev–Trinajstić information content (AvgIpc) is 0.741. The first-order chi connectivity index (χ1) is 66.3. The first-order valence-corrected chi connectivity index (χ1v) is 45.1. The SMILES string of the molecule is COc1ccc(Sc2c(O)c3c(=O)n(Cc4ccc(F)cc4)c4cc(OC)ccc4c3oc2=O)cc1.O=c1oc2c(c(O)c1Sc1ccc(F)cc1)c(=O)n(Cc1ccc(F)cc1)c1cc(O)ccc21.O=c1oc2c(c(O)c1Sc1cccc(O)c1)c(=O)n(Cc1ccc(F)cc1)c1cc(O)ccc21.O=c1oc2c(c(O)c1Sc1ccccc1Br)c(=O)n(Cc1ccc(F)cc1)c1cc(O)ccc21. The van der Waals surface area contributed by atoms with Gasteiger partial charge in [0.25, 0.3) is 22.2 Å². The third-order valence-electron chi connectivity index (χ3n) is 21.8. The minimum atomic E-state index is -0.871.